The van der Waals surface area contributed by atoms with E-state index in [1.54, 1.807) is 0 Å². The van der Waals surface area contributed by atoms with Crippen LogP contribution in [-0.4, -0.2) is 86.5 Å². The molecule has 0 saturated carbocycles. The maximum atomic E-state index is 8.09. The van der Waals surface area contributed by atoms with Gasteiger partial charge in [0.2, 0.25) is 0 Å². The Morgan fingerprint density at radius 1 is 0.500 bits per heavy atom. The third-order valence-corrected chi connectivity index (χ3v) is 1.97. The first-order chi connectivity index (χ1) is 11.7. The van der Waals surface area contributed by atoms with Crippen LogP contribution in [0.5, 0.6) is 0 Å². The van der Waals surface area contributed by atoms with E-state index in [1.807, 2.05) is 13.8 Å². The molecule has 7 heteroatoms. The van der Waals surface area contributed by atoms with Gasteiger partial charge < -0.3 is 34.6 Å². The van der Waals surface area contributed by atoms with Crippen LogP contribution in [0.15, 0.2) is 0 Å². The molecule has 0 saturated heterocycles. The molecule has 24 heavy (non-hydrogen) atoms. The van der Waals surface area contributed by atoms with Gasteiger partial charge in [-0.1, -0.05) is 20.3 Å². The van der Waals surface area contributed by atoms with E-state index in [0.29, 0.717) is 13.2 Å². The lowest BCUT2D eigenvalue weighted by atomic mass is 10.4. The smallest absolute Gasteiger partial charge is 0.0698 e. The quantitative estimate of drug-likeness (QED) is 0.388. The lowest BCUT2D eigenvalue weighted by molar-refractivity contribution is 0.0650. The van der Waals surface area contributed by atoms with Crippen molar-refractivity contribution in [3.05, 3.63) is 0 Å². The van der Waals surface area contributed by atoms with Crippen LogP contribution in [0.3, 0.4) is 0 Å². The van der Waals surface area contributed by atoms with Crippen LogP contribution < -0.4 is 0 Å². The van der Waals surface area contributed by atoms with E-state index < -0.39 is 0 Å². The predicted octanol–water partition coefficient (Wildman–Crippen LogP) is 1.21. The van der Waals surface area contributed by atoms with E-state index in [0.717, 1.165) is 32.8 Å². The van der Waals surface area contributed by atoms with Crippen molar-refractivity contribution >= 4 is 0 Å². The molecule has 4 N–H and O–H groups in total. The van der Waals surface area contributed by atoms with Gasteiger partial charge in [-0.3, -0.25) is 0 Å². The average molecular weight is 359 g/mol. The van der Waals surface area contributed by atoms with Crippen molar-refractivity contribution in [3.63, 3.8) is 0 Å². The average Bonchev–Trinajstić information content (AvgIpc) is 2.61. The number of aliphatic hydroxyl groups excluding tert-OH is 4. The monoisotopic (exact) mass is 358 g/mol. The van der Waals surface area contributed by atoms with E-state index in [9.17, 15) is 0 Å². The Kier molecular flexibility index (Phi) is 56.9. The van der Waals surface area contributed by atoms with Gasteiger partial charge in [0.25, 0.3) is 0 Å². The topological polar surface area (TPSA) is 109 Å². The summed E-state index contributed by atoms with van der Waals surface area (Å²) < 4.78 is 14.7. The van der Waals surface area contributed by atoms with Gasteiger partial charge in [-0.2, -0.15) is 0 Å². The lowest BCUT2D eigenvalue weighted by Gasteiger charge is -1.97. The Morgan fingerprint density at radius 2 is 0.958 bits per heavy atom. The van der Waals surface area contributed by atoms with Gasteiger partial charge in [-0.15, -0.1) is 0 Å². The Labute approximate surface area is 148 Å². The summed E-state index contributed by atoms with van der Waals surface area (Å²) in [6.07, 6.45) is 3.59. The number of aliphatic hydroxyl groups is 4. The number of hydrogen-bond donors (Lipinski definition) is 4. The fourth-order valence-corrected chi connectivity index (χ4v) is 0.928. The minimum absolute atomic E-state index is 0.0278. The van der Waals surface area contributed by atoms with Gasteiger partial charge in [-0.25, -0.2) is 0 Å². The van der Waals surface area contributed by atoms with Crippen molar-refractivity contribution in [1.29, 1.82) is 0 Å². The highest BCUT2D eigenvalue weighted by atomic mass is 16.5. The zero-order chi connectivity index (χ0) is 19.3. The van der Waals surface area contributed by atoms with Crippen LogP contribution in [0.1, 0.15) is 47.0 Å². The van der Waals surface area contributed by atoms with E-state index >= 15 is 0 Å². The summed E-state index contributed by atoms with van der Waals surface area (Å²) in [5.74, 6) is 0. The molecule has 0 bridgehead atoms. The molecular weight excluding hydrogens is 316 g/mol. The van der Waals surface area contributed by atoms with Crippen LogP contribution in [0.25, 0.3) is 0 Å². The Hall–Kier alpha value is -0.280. The molecular formula is C17H42O7. The van der Waals surface area contributed by atoms with E-state index in [1.165, 1.54) is 12.8 Å². The number of ether oxygens (including phenoxy) is 3. The molecule has 0 aromatic rings. The van der Waals surface area contributed by atoms with Gasteiger partial charge in [0, 0.05) is 26.4 Å². The molecule has 0 aliphatic rings. The second kappa shape index (κ2) is 43.4. The number of hydrogen-bond acceptors (Lipinski definition) is 7. The van der Waals surface area contributed by atoms with Crippen LogP contribution in [0.4, 0.5) is 0 Å². The van der Waals surface area contributed by atoms with Gasteiger partial charge >= 0.3 is 0 Å². The number of unbranched alkanes of at least 4 members (excludes halogenated alkanes) is 1. The highest BCUT2D eigenvalue weighted by molar-refractivity contribution is 4.30. The summed E-state index contributed by atoms with van der Waals surface area (Å²) in [5, 5.41) is 31.4. The molecule has 0 rings (SSSR count). The summed E-state index contributed by atoms with van der Waals surface area (Å²) in [4.78, 5) is 0. The molecule has 152 valence electrons. The van der Waals surface area contributed by atoms with Crippen molar-refractivity contribution in [2.75, 3.05) is 66.1 Å². The fourth-order valence-electron chi connectivity index (χ4n) is 0.928. The van der Waals surface area contributed by atoms with Crippen LogP contribution in [0, 0.1) is 0 Å². The SMILES string of the molecule is CCCCOCCC.CCOCC.OCCO.OCCOCCO. The first-order valence-corrected chi connectivity index (χ1v) is 8.83. The van der Waals surface area contributed by atoms with E-state index in [-0.39, 0.29) is 26.4 Å². The Bertz CT molecular complexity index is 135. The van der Waals surface area contributed by atoms with Crippen LogP contribution >= 0.6 is 0 Å². The fraction of sp³-hybridized carbons (Fsp3) is 1.00. The van der Waals surface area contributed by atoms with Gasteiger partial charge in [0.05, 0.1) is 39.6 Å². The van der Waals surface area contributed by atoms with Crippen LogP contribution in [0.2, 0.25) is 0 Å². The molecule has 0 amide bonds. The third kappa shape index (κ3) is 67.9. The minimum Gasteiger partial charge on any atom is -0.394 e. The molecule has 0 radical (unpaired) electrons. The van der Waals surface area contributed by atoms with E-state index in [2.05, 4.69) is 18.6 Å². The highest BCUT2D eigenvalue weighted by Crippen LogP contribution is 1.88. The van der Waals surface area contributed by atoms with Crippen molar-refractivity contribution in [2.45, 2.75) is 47.0 Å². The summed E-state index contributed by atoms with van der Waals surface area (Å²) >= 11 is 0. The van der Waals surface area contributed by atoms with Gasteiger partial charge in [0.15, 0.2) is 0 Å². The molecule has 0 aliphatic carbocycles. The largest absolute Gasteiger partial charge is 0.394 e. The molecule has 0 heterocycles. The normalized spacial score (nSPS) is 9.00. The van der Waals surface area contributed by atoms with Crippen molar-refractivity contribution in [3.8, 4) is 0 Å². The van der Waals surface area contributed by atoms with Crippen molar-refractivity contribution in [2.24, 2.45) is 0 Å². The Balaban J connectivity index is -0.000000115. The minimum atomic E-state index is -0.125. The lowest BCUT2D eigenvalue weighted by Crippen LogP contribution is -2.03. The molecule has 0 unspecified atom stereocenters. The van der Waals surface area contributed by atoms with Crippen molar-refractivity contribution < 1.29 is 34.6 Å². The van der Waals surface area contributed by atoms with Gasteiger partial charge in [-0.05, 0) is 26.7 Å². The molecule has 0 atom stereocenters. The summed E-state index contributed by atoms with van der Waals surface area (Å²) in [6.45, 7) is 12.3. The maximum Gasteiger partial charge on any atom is 0.0698 e. The first kappa shape index (κ1) is 31.5. The molecule has 0 aromatic carbocycles. The molecule has 0 aromatic heterocycles. The predicted molar refractivity (Wildman–Crippen MR) is 97.3 cm³/mol. The molecule has 7 nitrogen and oxygen atoms in total. The zero-order valence-corrected chi connectivity index (χ0v) is 16.2. The maximum absolute atomic E-state index is 8.09. The second-order valence-corrected chi connectivity index (χ2v) is 4.25. The molecule has 0 aliphatic heterocycles. The third-order valence-electron chi connectivity index (χ3n) is 1.97. The van der Waals surface area contributed by atoms with Crippen molar-refractivity contribution in [1.82, 2.24) is 0 Å². The summed E-state index contributed by atoms with van der Waals surface area (Å²) in [5.41, 5.74) is 0. The summed E-state index contributed by atoms with van der Waals surface area (Å²) in [6, 6.07) is 0. The molecule has 0 spiro atoms. The summed E-state index contributed by atoms with van der Waals surface area (Å²) in [7, 11) is 0. The van der Waals surface area contributed by atoms with E-state index in [4.69, 9.17) is 29.9 Å². The Morgan fingerprint density at radius 3 is 1.21 bits per heavy atom. The first-order valence-electron chi connectivity index (χ1n) is 8.83. The standard InChI is InChI=1S/C7H16O.C4H10O3.C4H10O.C2H6O2/c1-3-5-7-8-6-4-2;5-1-3-7-4-2-6;1-3-5-4-2;3-1-2-4/h3-7H2,1-2H3;5-6H,1-4H2;3-4H2,1-2H3;3-4H,1-2H2. The highest BCUT2D eigenvalue weighted by Gasteiger charge is 1.82. The zero-order valence-electron chi connectivity index (χ0n) is 16.2. The van der Waals surface area contributed by atoms with Gasteiger partial charge in [0.1, 0.15) is 0 Å². The molecule has 0 fully saturated rings. The van der Waals surface area contributed by atoms with Crippen LogP contribution in [-0.2, 0) is 14.2 Å². The second-order valence-electron chi connectivity index (χ2n) is 4.25. The number of rotatable bonds is 12.